The molecule has 1 heterocycles. The summed E-state index contributed by atoms with van der Waals surface area (Å²) in [5.74, 6) is 1.84. The van der Waals surface area contributed by atoms with Crippen molar-refractivity contribution in [2.24, 2.45) is 5.92 Å². The predicted octanol–water partition coefficient (Wildman–Crippen LogP) is 2.22. The summed E-state index contributed by atoms with van der Waals surface area (Å²) in [6.07, 6.45) is 5.12. The minimum Gasteiger partial charge on any atom is -0.334 e. The molecular formula is C12H23N3. The Hall–Kier alpha value is -0.830. The van der Waals surface area contributed by atoms with Gasteiger partial charge in [0.15, 0.2) is 0 Å². The molecule has 0 aliphatic heterocycles. The number of nitrogens with one attached hydrogen (secondary N) is 1. The predicted molar refractivity (Wildman–Crippen MR) is 63.9 cm³/mol. The quantitative estimate of drug-likeness (QED) is 0.778. The molecule has 0 bridgehead atoms. The molecule has 2 unspecified atom stereocenters. The Morgan fingerprint density at radius 3 is 2.73 bits per heavy atom. The second-order valence-electron chi connectivity index (χ2n) is 4.30. The molecule has 1 rings (SSSR count). The summed E-state index contributed by atoms with van der Waals surface area (Å²) in [6.45, 7) is 10.9. The molecule has 86 valence electrons. The highest BCUT2D eigenvalue weighted by atomic mass is 15.1. The molecule has 0 spiro atoms. The molecule has 0 amide bonds. The van der Waals surface area contributed by atoms with Gasteiger partial charge in [0.05, 0.1) is 0 Å². The second kappa shape index (κ2) is 5.91. The lowest BCUT2D eigenvalue weighted by Gasteiger charge is -2.20. The fourth-order valence-corrected chi connectivity index (χ4v) is 1.61. The van der Waals surface area contributed by atoms with Crippen LogP contribution in [0.4, 0.5) is 0 Å². The molecule has 0 aliphatic carbocycles. The molecule has 1 aromatic rings. The van der Waals surface area contributed by atoms with E-state index in [0.717, 1.165) is 24.8 Å². The fraction of sp³-hybridized carbons (Fsp3) is 0.750. The third-order valence-electron chi connectivity index (χ3n) is 3.24. The molecule has 0 radical (unpaired) electrons. The van der Waals surface area contributed by atoms with Crippen LogP contribution in [0.15, 0.2) is 12.4 Å². The molecule has 0 aliphatic rings. The second-order valence-corrected chi connectivity index (χ2v) is 4.30. The van der Waals surface area contributed by atoms with Gasteiger partial charge >= 0.3 is 0 Å². The summed E-state index contributed by atoms with van der Waals surface area (Å²) in [4.78, 5) is 4.20. The van der Waals surface area contributed by atoms with Gasteiger partial charge in [-0.05, 0) is 19.8 Å². The molecule has 15 heavy (non-hydrogen) atoms. The van der Waals surface area contributed by atoms with Crippen molar-refractivity contribution < 1.29 is 0 Å². The zero-order chi connectivity index (χ0) is 11.3. The minimum absolute atomic E-state index is 0.596. The zero-order valence-corrected chi connectivity index (χ0v) is 10.3. The first kappa shape index (κ1) is 12.2. The molecule has 1 aromatic heterocycles. The van der Waals surface area contributed by atoms with Crippen LogP contribution < -0.4 is 5.32 Å². The maximum Gasteiger partial charge on any atom is 0.105 e. The highest BCUT2D eigenvalue weighted by Gasteiger charge is 2.08. The van der Waals surface area contributed by atoms with Crippen molar-refractivity contribution in [2.75, 3.05) is 6.54 Å². The standard InChI is InChI=1S/C12H23N3/c1-5-10(2)11(3)13-6-8-15-9-7-14-12(15)4/h7,9-11,13H,5-6,8H2,1-4H3. The van der Waals surface area contributed by atoms with E-state index in [-0.39, 0.29) is 0 Å². The van der Waals surface area contributed by atoms with Crippen LogP contribution in [0.2, 0.25) is 0 Å². The summed E-state index contributed by atoms with van der Waals surface area (Å²) >= 11 is 0. The summed E-state index contributed by atoms with van der Waals surface area (Å²) in [5.41, 5.74) is 0. The topological polar surface area (TPSA) is 29.9 Å². The SMILES string of the molecule is CCC(C)C(C)NCCn1ccnc1C. The Morgan fingerprint density at radius 2 is 2.20 bits per heavy atom. The summed E-state index contributed by atoms with van der Waals surface area (Å²) in [6, 6.07) is 0.596. The van der Waals surface area contributed by atoms with Gasteiger partial charge in [0, 0.05) is 31.5 Å². The van der Waals surface area contributed by atoms with Gasteiger partial charge in [-0.25, -0.2) is 4.98 Å². The van der Waals surface area contributed by atoms with Crippen molar-refractivity contribution in [2.45, 2.75) is 46.7 Å². The summed E-state index contributed by atoms with van der Waals surface area (Å²) in [5, 5.41) is 3.55. The van der Waals surface area contributed by atoms with Gasteiger partial charge in [0.2, 0.25) is 0 Å². The van der Waals surface area contributed by atoms with E-state index >= 15 is 0 Å². The highest BCUT2D eigenvalue weighted by molar-refractivity contribution is 4.88. The van der Waals surface area contributed by atoms with Gasteiger partial charge in [0.1, 0.15) is 5.82 Å². The van der Waals surface area contributed by atoms with Gasteiger partial charge in [-0.3, -0.25) is 0 Å². The monoisotopic (exact) mass is 209 g/mol. The smallest absolute Gasteiger partial charge is 0.105 e. The van der Waals surface area contributed by atoms with Crippen LogP contribution in [0.5, 0.6) is 0 Å². The molecule has 2 atom stereocenters. The zero-order valence-electron chi connectivity index (χ0n) is 10.3. The van der Waals surface area contributed by atoms with Crippen molar-refractivity contribution in [1.29, 1.82) is 0 Å². The molecule has 1 N–H and O–H groups in total. The Labute approximate surface area is 92.9 Å². The van der Waals surface area contributed by atoms with Crippen LogP contribution in [0.3, 0.4) is 0 Å². The summed E-state index contributed by atoms with van der Waals surface area (Å²) < 4.78 is 2.18. The van der Waals surface area contributed by atoms with E-state index < -0.39 is 0 Å². The van der Waals surface area contributed by atoms with Crippen molar-refractivity contribution >= 4 is 0 Å². The molecule has 3 nitrogen and oxygen atoms in total. The van der Waals surface area contributed by atoms with Crippen molar-refractivity contribution in [3.63, 3.8) is 0 Å². The molecular weight excluding hydrogens is 186 g/mol. The number of hydrogen-bond donors (Lipinski definition) is 1. The van der Waals surface area contributed by atoms with Gasteiger partial charge in [-0.2, -0.15) is 0 Å². The normalized spacial score (nSPS) is 15.2. The molecule has 0 aromatic carbocycles. The minimum atomic E-state index is 0.596. The van der Waals surface area contributed by atoms with E-state index in [1.165, 1.54) is 6.42 Å². The van der Waals surface area contributed by atoms with E-state index in [0.29, 0.717) is 6.04 Å². The average molecular weight is 209 g/mol. The Balaban J connectivity index is 2.25. The largest absolute Gasteiger partial charge is 0.334 e. The molecule has 0 saturated heterocycles. The van der Waals surface area contributed by atoms with Crippen molar-refractivity contribution in [3.8, 4) is 0 Å². The van der Waals surface area contributed by atoms with Crippen LogP contribution in [0.1, 0.15) is 33.0 Å². The van der Waals surface area contributed by atoms with Crippen LogP contribution in [0.25, 0.3) is 0 Å². The van der Waals surface area contributed by atoms with Crippen LogP contribution in [-0.4, -0.2) is 22.1 Å². The number of imidazole rings is 1. The first-order valence-corrected chi connectivity index (χ1v) is 5.86. The van der Waals surface area contributed by atoms with Crippen LogP contribution in [-0.2, 0) is 6.54 Å². The third-order valence-corrected chi connectivity index (χ3v) is 3.24. The fourth-order valence-electron chi connectivity index (χ4n) is 1.61. The van der Waals surface area contributed by atoms with E-state index in [9.17, 15) is 0 Å². The van der Waals surface area contributed by atoms with E-state index in [1.54, 1.807) is 0 Å². The number of rotatable bonds is 6. The van der Waals surface area contributed by atoms with Crippen LogP contribution in [0, 0.1) is 12.8 Å². The van der Waals surface area contributed by atoms with Crippen molar-refractivity contribution in [1.82, 2.24) is 14.9 Å². The maximum absolute atomic E-state index is 4.20. The summed E-state index contributed by atoms with van der Waals surface area (Å²) in [7, 11) is 0. The lowest BCUT2D eigenvalue weighted by molar-refractivity contribution is 0.383. The highest BCUT2D eigenvalue weighted by Crippen LogP contribution is 2.06. The van der Waals surface area contributed by atoms with Gasteiger partial charge < -0.3 is 9.88 Å². The molecule has 0 saturated carbocycles. The van der Waals surface area contributed by atoms with E-state index in [1.807, 2.05) is 19.3 Å². The third kappa shape index (κ3) is 3.67. The number of nitrogens with zero attached hydrogens (tertiary/aromatic N) is 2. The lowest BCUT2D eigenvalue weighted by Crippen LogP contribution is -2.34. The maximum atomic E-state index is 4.20. The Bertz CT molecular complexity index is 280. The average Bonchev–Trinajstić information content (AvgIpc) is 2.63. The van der Waals surface area contributed by atoms with Crippen molar-refractivity contribution in [3.05, 3.63) is 18.2 Å². The van der Waals surface area contributed by atoms with Gasteiger partial charge in [0.25, 0.3) is 0 Å². The Kier molecular flexibility index (Phi) is 4.82. The number of aromatic nitrogens is 2. The Morgan fingerprint density at radius 1 is 1.47 bits per heavy atom. The molecule has 3 heteroatoms. The van der Waals surface area contributed by atoms with Crippen LogP contribution >= 0.6 is 0 Å². The van der Waals surface area contributed by atoms with E-state index in [2.05, 4.69) is 35.6 Å². The van der Waals surface area contributed by atoms with Gasteiger partial charge in [-0.15, -0.1) is 0 Å². The first-order chi connectivity index (χ1) is 7.15. The number of hydrogen-bond acceptors (Lipinski definition) is 2. The van der Waals surface area contributed by atoms with Gasteiger partial charge in [-0.1, -0.05) is 20.3 Å². The first-order valence-electron chi connectivity index (χ1n) is 5.86. The lowest BCUT2D eigenvalue weighted by atomic mass is 10.0. The van der Waals surface area contributed by atoms with E-state index in [4.69, 9.17) is 0 Å². The molecule has 0 fully saturated rings. The number of aryl methyl sites for hydroxylation is 1.